The Morgan fingerprint density at radius 3 is 3.00 bits per heavy atom. The van der Waals surface area contributed by atoms with Gasteiger partial charge in [0.15, 0.2) is 0 Å². The van der Waals surface area contributed by atoms with Crippen molar-refractivity contribution in [1.29, 1.82) is 0 Å². The zero-order valence-electron chi connectivity index (χ0n) is 14.7. The molecule has 1 aromatic heterocycles. The minimum absolute atomic E-state index is 0.0211. The van der Waals surface area contributed by atoms with Crippen LogP contribution in [0.4, 0.5) is 8.78 Å². The van der Waals surface area contributed by atoms with Gasteiger partial charge in [-0.3, -0.25) is 9.69 Å². The largest absolute Gasteiger partial charge is 0.437 e. The zero-order chi connectivity index (χ0) is 18.7. The number of amides is 1. The Morgan fingerprint density at radius 1 is 1.46 bits per heavy atom. The van der Waals surface area contributed by atoms with Crippen molar-refractivity contribution < 1.29 is 22.7 Å². The highest BCUT2D eigenvalue weighted by molar-refractivity contribution is 5.89. The fourth-order valence-electron chi connectivity index (χ4n) is 2.95. The van der Waals surface area contributed by atoms with Crippen LogP contribution in [0.15, 0.2) is 22.6 Å². The maximum atomic E-state index is 13.8. The van der Waals surface area contributed by atoms with Crippen molar-refractivity contribution in [2.45, 2.75) is 32.5 Å². The summed E-state index contributed by atoms with van der Waals surface area (Å²) in [7, 11) is 1.56. The molecule has 0 unspecified atom stereocenters. The lowest BCUT2D eigenvalue weighted by molar-refractivity contribution is 0.0869. The van der Waals surface area contributed by atoms with E-state index in [-0.39, 0.29) is 17.8 Å². The third-order valence-electron chi connectivity index (χ3n) is 4.20. The molecule has 1 aromatic carbocycles. The number of hydrogen-bond donors (Lipinski definition) is 1. The van der Waals surface area contributed by atoms with Gasteiger partial charge < -0.3 is 14.5 Å². The molecular formula is C18H21F2N3O3. The molecule has 2 aromatic rings. The first kappa shape index (κ1) is 18.5. The molecule has 0 spiro atoms. The Bertz CT molecular complexity index is 794. The molecule has 0 radical (unpaired) electrons. The van der Waals surface area contributed by atoms with Gasteiger partial charge in [0.2, 0.25) is 0 Å². The molecule has 1 atom stereocenters. The number of carbonyl (C=O) groups excluding carboxylic acids is 1. The van der Waals surface area contributed by atoms with Crippen LogP contribution >= 0.6 is 0 Å². The third-order valence-corrected chi connectivity index (χ3v) is 4.20. The van der Waals surface area contributed by atoms with Gasteiger partial charge in [-0.05, 0) is 13.0 Å². The average molecular weight is 365 g/mol. The van der Waals surface area contributed by atoms with Crippen LogP contribution in [0.1, 0.15) is 34.6 Å². The maximum absolute atomic E-state index is 13.8. The standard InChI is InChI=1S/C18H21F2N3O3/c1-11(10-25-2)21-17(24)18-22-15-9-23(6-5-16(15)26-18)8-12-3-4-13(19)7-14(12)20/h3-4,7,11H,5-6,8-10H2,1-2H3,(H,21,24)/t11-/m1/s1. The normalized spacial score (nSPS) is 15.5. The first-order valence-electron chi connectivity index (χ1n) is 8.41. The number of hydrogen-bond acceptors (Lipinski definition) is 5. The molecule has 26 heavy (non-hydrogen) atoms. The van der Waals surface area contributed by atoms with Crippen molar-refractivity contribution in [2.75, 3.05) is 20.3 Å². The molecule has 0 fully saturated rings. The van der Waals surface area contributed by atoms with Gasteiger partial charge in [0.25, 0.3) is 5.89 Å². The molecule has 3 rings (SSSR count). The van der Waals surface area contributed by atoms with E-state index >= 15 is 0 Å². The molecule has 0 bridgehead atoms. The van der Waals surface area contributed by atoms with Crippen LogP contribution in [0.2, 0.25) is 0 Å². The lowest BCUT2D eigenvalue weighted by Gasteiger charge is -2.25. The molecule has 1 amide bonds. The number of fused-ring (bicyclic) bond motifs is 1. The van der Waals surface area contributed by atoms with Crippen LogP contribution in [0.3, 0.4) is 0 Å². The number of aromatic nitrogens is 1. The summed E-state index contributed by atoms with van der Waals surface area (Å²) < 4.78 is 37.4. The van der Waals surface area contributed by atoms with Gasteiger partial charge in [-0.15, -0.1) is 0 Å². The smallest absolute Gasteiger partial charge is 0.307 e. The molecule has 1 aliphatic rings. The van der Waals surface area contributed by atoms with Crippen LogP contribution in [-0.4, -0.2) is 42.1 Å². The van der Waals surface area contributed by atoms with Crippen molar-refractivity contribution in [3.05, 3.63) is 52.7 Å². The molecule has 0 saturated carbocycles. The topological polar surface area (TPSA) is 67.6 Å². The molecule has 1 aliphatic heterocycles. The summed E-state index contributed by atoms with van der Waals surface area (Å²) in [6, 6.07) is 3.41. The van der Waals surface area contributed by atoms with E-state index in [1.807, 2.05) is 11.8 Å². The van der Waals surface area contributed by atoms with Gasteiger partial charge in [0.05, 0.1) is 12.3 Å². The first-order valence-corrected chi connectivity index (χ1v) is 8.41. The second kappa shape index (κ2) is 7.92. The molecule has 6 nitrogen and oxygen atoms in total. The number of carbonyl (C=O) groups is 1. The highest BCUT2D eigenvalue weighted by Gasteiger charge is 2.25. The van der Waals surface area contributed by atoms with Gasteiger partial charge >= 0.3 is 5.91 Å². The van der Waals surface area contributed by atoms with E-state index in [0.717, 1.165) is 6.07 Å². The number of nitrogens with one attached hydrogen (secondary N) is 1. The van der Waals surface area contributed by atoms with E-state index < -0.39 is 11.6 Å². The number of halogens is 2. The fraction of sp³-hybridized carbons (Fsp3) is 0.444. The number of rotatable bonds is 6. The van der Waals surface area contributed by atoms with Gasteiger partial charge in [0.1, 0.15) is 17.4 Å². The van der Waals surface area contributed by atoms with Crippen molar-refractivity contribution in [1.82, 2.24) is 15.2 Å². The molecule has 0 aliphatic carbocycles. The van der Waals surface area contributed by atoms with Crippen LogP contribution in [0.25, 0.3) is 0 Å². The van der Waals surface area contributed by atoms with Crippen LogP contribution < -0.4 is 5.32 Å². The summed E-state index contributed by atoms with van der Waals surface area (Å²) in [6.07, 6.45) is 0.575. The minimum Gasteiger partial charge on any atom is -0.437 e. The molecule has 0 saturated heterocycles. The van der Waals surface area contributed by atoms with Crippen molar-refractivity contribution in [3.63, 3.8) is 0 Å². The van der Waals surface area contributed by atoms with E-state index in [1.54, 1.807) is 7.11 Å². The molecule has 2 heterocycles. The molecule has 140 valence electrons. The molecular weight excluding hydrogens is 344 g/mol. The Balaban J connectivity index is 1.65. The monoisotopic (exact) mass is 365 g/mol. The summed E-state index contributed by atoms with van der Waals surface area (Å²) in [6.45, 7) is 3.63. The number of oxazole rings is 1. The van der Waals surface area contributed by atoms with Crippen molar-refractivity contribution in [2.24, 2.45) is 0 Å². The number of methoxy groups -OCH3 is 1. The van der Waals surface area contributed by atoms with Gasteiger partial charge in [-0.1, -0.05) is 6.07 Å². The second-order valence-corrected chi connectivity index (χ2v) is 6.42. The average Bonchev–Trinajstić information content (AvgIpc) is 3.01. The lowest BCUT2D eigenvalue weighted by atomic mass is 10.1. The predicted octanol–water partition coefficient (Wildman–Crippen LogP) is 2.28. The predicted molar refractivity (Wildman–Crippen MR) is 89.5 cm³/mol. The second-order valence-electron chi connectivity index (χ2n) is 6.42. The van der Waals surface area contributed by atoms with Crippen molar-refractivity contribution >= 4 is 5.91 Å². The highest BCUT2D eigenvalue weighted by Crippen LogP contribution is 2.22. The Kier molecular flexibility index (Phi) is 5.63. The van der Waals surface area contributed by atoms with E-state index in [4.69, 9.17) is 9.15 Å². The quantitative estimate of drug-likeness (QED) is 0.851. The molecule has 1 N–H and O–H groups in total. The number of benzene rings is 1. The SMILES string of the molecule is COC[C@@H](C)NC(=O)c1nc2c(o1)CCN(Cc1ccc(F)cc1F)C2. The first-order chi connectivity index (χ1) is 12.5. The summed E-state index contributed by atoms with van der Waals surface area (Å²) in [5, 5.41) is 2.75. The summed E-state index contributed by atoms with van der Waals surface area (Å²) in [5.74, 6) is -0.858. The van der Waals surface area contributed by atoms with Crippen molar-refractivity contribution in [3.8, 4) is 0 Å². The van der Waals surface area contributed by atoms with Gasteiger partial charge in [-0.2, -0.15) is 0 Å². The maximum Gasteiger partial charge on any atom is 0.307 e. The summed E-state index contributed by atoms with van der Waals surface area (Å²) >= 11 is 0. The minimum atomic E-state index is -0.595. The summed E-state index contributed by atoms with van der Waals surface area (Å²) in [4.78, 5) is 18.4. The number of ether oxygens (including phenoxy) is 1. The lowest BCUT2D eigenvalue weighted by Crippen LogP contribution is -2.35. The van der Waals surface area contributed by atoms with Gasteiger partial charge in [-0.25, -0.2) is 13.8 Å². The Morgan fingerprint density at radius 2 is 2.27 bits per heavy atom. The highest BCUT2D eigenvalue weighted by atomic mass is 19.1. The Labute approximate surface area is 150 Å². The summed E-state index contributed by atoms with van der Waals surface area (Å²) in [5.41, 5.74) is 1.09. The van der Waals surface area contributed by atoms with E-state index in [2.05, 4.69) is 10.3 Å². The van der Waals surface area contributed by atoms with E-state index in [9.17, 15) is 13.6 Å². The zero-order valence-corrected chi connectivity index (χ0v) is 14.7. The van der Waals surface area contributed by atoms with E-state index in [0.29, 0.717) is 49.7 Å². The van der Waals surface area contributed by atoms with E-state index in [1.165, 1.54) is 12.1 Å². The van der Waals surface area contributed by atoms with Crippen LogP contribution in [0, 0.1) is 11.6 Å². The number of nitrogens with zero attached hydrogens (tertiary/aromatic N) is 2. The molecule has 8 heteroatoms. The fourth-order valence-corrected chi connectivity index (χ4v) is 2.95. The van der Waals surface area contributed by atoms with Crippen LogP contribution in [0.5, 0.6) is 0 Å². The Hall–Kier alpha value is -2.32. The van der Waals surface area contributed by atoms with Gasteiger partial charge in [0, 0.05) is 50.8 Å². The third kappa shape index (κ3) is 4.25. The van der Waals surface area contributed by atoms with Crippen LogP contribution in [-0.2, 0) is 24.2 Å².